The molecular weight excluding hydrogens is 380 g/mol. The highest BCUT2D eigenvalue weighted by Crippen LogP contribution is 2.32. The van der Waals surface area contributed by atoms with Gasteiger partial charge in [0.2, 0.25) is 0 Å². The Bertz CT molecular complexity index is 713. The van der Waals surface area contributed by atoms with Crippen LogP contribution in [0.4, 0.5) is 0 Å². The molecule has 0 aliphatic carbocycles. The number of unbranched alkanes of at least 4 members (excludes halogenated alkanes) is 5. The van der Waals surface area contributed by atoms with E-state index in [0.29, 0.717) is 6.10 Å². The number of aryl methyl sites for hydroxylation is 1. The smallest absolute Gasteiger partial charge is 0.123 e. The van der Waals surface area contributed by atoms with Gasteiger partial charge in [-0.1, -0.05) is 58.6 Å². The molecule has 0 spiro atoms. The minimum absolute atomic E-state index is 0.311. The second-order valence-corrected chi connectivity index (χ2v) is 8.25. The molecule has 29 heavy (non-hydrogen) atoms. The molecule has 2 rings (SSSR count). The van der Waals surface area contributed by atoms with Crippen molar-refractivity contribution in [3.05, 3.63) is 35.9 Å². The van der Waals surface area contributed by atoms with E-state index in [1.54, 1.807) is 0 Å². The van der Waals surface area contributed by atoms with Gasteiger partial charge in [-0.3, -0.25) is 0 Å². The summed E-state index contributed by atoms with van der Waals surface area (Å²) in [5.41, 5.74) is 1.30. The monoisotopic (exact) mass is 418 g/mol. The zero-order valence-electron chi connectivity index (χ0n) is 18.6. The minimum atomic E-state index is 0.311. The summed E-state index contributed by atoms with van der Waals surface area (Å²) in [6.45, 7) is 7.44. The first kappa shape index (κ1) is 23.9. The summed E-state index contributed by atoms with van der Waals surface area (Å²) in [6, 6.07) is 10.8. The first-order valence-corrected chi connectivity index (χ1v) is 12.2. The lowest BCUT2D eigenvalue weighted by atomic mass is 10.0. The molecule has 2 aromatic rings. The van der Waals surface area contributed by atoms with Crippen molar-refractivity contribution < 1.29 is 9.47 Å². The van der Waals surface area contributed by atoms with Crippen molar-refractivity contribution in [1.82, 2.24) is 0 Å². The molecule has 0 aliphatic rings. The molecule has 0 aromatic heterocycles. The van der Waals surface area contributed by atoms with Gasteiger partial charge in [0.25, 0.3) is 0 Å². The van der Waals surface area contributed by atoms with Gasteiger partial charge in [-0.2, -0.15) is 0 Å². The van der Waals surface area contributed by atoms with Crippen LogP contribution in [0, 0.1) is 0 Å². The molecule has 3 heteroatoms. The Hall–Kier alpha value is -1.41. The standard InChI is InChI=1S/C26H39ClO2/c1-4-7-10-13-22(5-2)29-23-15-16-25-21(20-23)14-17-26(24(25)6-3)28-19-12-9-8-11-18-27/h14-17,20,22H,4-13,18-19H2,1-3H3. The van der Waals surface area contributed by atoms with Gasteiger partial charge in [0.15, 0.2) is 0 Å². The predicted octanol–water partition coefficient (Wildman–Crippen LogP) is 8.32. The Kier molecular flexibility index (Phi) is 11.3. The van der Waals surface area contributed by atoms with Crippen LogP contribution < -0.4 is 9.47 Å². The summed E-state index contributed by atoms with van der Waals surface area (Å²) in [5, 5.41) is 2.51. The molecule has 1 atom stereocenters. The highest BCUT2D eigenvalue weighted by molar-refractivity contribution is 6.17. The van der Waals surface area contributed by atoms with Crippen molar-refractivity contribution in [3.63, 3.8) is 0 Å². The third-order valence-electron chi connectivity index (χ3n) is 5.59. The van der Waals surface area contributed by atoms with Crippen molar-refractivity contribution in [1.29, 1.82) is 0 Å². The average Bonchev–Trinajstić information content (AvgIpc) is 2.75. The highest BCUT2D eigenvalue weighted by atomic mass is 35.5. The molecule has 0 N–H and O–H groups in total. The minimum Gasteiger partial charge on any atom is -0.493 e. The molecule has 0 saturated heterocycles. The van der Waals surface area contributed by atoms with E-state index >= 15 is 0 Å². The second kappa shape index (κ2) is 13.7. The van der Waals surface area contributed by atoms with Crippen LogP contribution >= 0.6 is 11.6 Å². The van der Waals surface area contributed by atoms with Crippen LogP contribution in [0.2, 0.25) is 0 Å². The summed E-state index contributed by atoms with van der Waals surface area (Å²) in [5.74, 6) is 2.77. The summed E-state index contributed by atoms with van der Waals surface area (Å²) < 4.78 is 12.4. The van der Waals surface area contributed by atoms with Gasteiger partial charge < -0.3 is 9.47 Å². The fourth-order valence-corrected chi connectivity index (χ4v) is 4.01. The van der Waals surface area contributed by atoms with Crippen molar-refractivity contribution >= 4 is 22.4 Å². The van der Waals surface area contributed by atoms with Crippen LogP contribution in [0.5, 0.6) is 11.5 Å². The SMILES string of the molecule is CCCCCC(CC)Oc1ccc2c(CC)c(OCCCCCCCl)ccc2c1. The van der Waals surface area contributed by atoms with Gasteiger partial charge in [-0.15, -0.1) is 11.6 Å². The molecule has 2 nitrogen and oxygen atoms in total. The fraction of sp³-hybridized carbons (Fsp3) is 0.615. The van der Waals surface area contributed by atoms with Crippen LogP contribution in [0.15, 0.2) is 30.3 Å². The first-order chi connectivity index (χ1) is 14.2. The molecule has 0 aliphatic heterocycles. The molecule has 0 radical (unpaired) electrons. The van der Waals surface area contributed by atoms with E-state index in [1.807, 2.05) is 0 Å². The summed E-state index contributed by atoms with van der Waals surface area (Å²) in [7, 11) is 0. The lowest BCUT2D eigenvalue weighted by Crippen LogP contribution is -2.15. The van der Waals surface area contributed by atoms with Gasteiger partial charge in [-0.25, -0.2) is 0 Å². The summed E-state index contributed by atoms with van der Waals surface area (Å²) in [6.07, 6.45) is 11.8. The van der Waals surface area contributed by atoms with Crippen LogP contribution in [0.1, 0.15) is 84.1 Å². The fourth-order valence-electron chi connectivity index (χ4n) is 3.82. The van der Waals surface area contributed by atoms with E-state index in [4.69, 9.17) is 21.1 Å². The Balaban J connectivity index is 2.03. The maximum atomic E-state index is 6.29. The van der Waals surface area contributed by atoms with Crippen LogP contribution in [-0.2, 0) is 6.42 Å². The Morgan fingerprint density at radius 3 is 2.45 bits per heavy atom. The van der Waals surface area contributed by atoms with Gasteiger partial charge in [0, 0.05) is 11.4 Å². The van der Waals surface area contributed by atoms with Crippen molar-refractivity contribution in [2.75, 3.05) is 12.5 Å². The van der Waals surface area contributed by atoms with Gasteiger partial charge >= 0.3 is 0 Å². The topological polar surface area (TPSA) is 18.5 Å². The number of hydrogen-bond donors (Lipinski definition) is 0. The molecule has 1 unspecified atom stereocenters. The summed E-state index contributed by atoms with van der Waals surface area (Å²) >= 11 is 5.74. The average molecular weight is 419 g/mol. The van der Waals surface area contributed by atoms with Gasteiger partial charge in [0.1, 0.15) is 11.5 Å². The summed E-state index contributed by atoms with van der Waals surface area (Å²) in [4.78, 5) is 0. The second-order valence-electron chi connectivity index (χ2n) is 7.87. The molecule has 2 aromatic carbocycles. The molecule has 0 heterocycles. The molecular formula is C26H39ClO2. The largest absolute Gasteiger partial charge is 0.493 e. The number of fused-ring (bicyclic) bond motifs is 1. The van der Waals surface area contributed by atoms with Crippen LogP contribution in [-0.4, -0.2) is 18.6 Å². The number of rotatable bonds is 15. The molecule has 0 bridgehead atoms. The molecule has 162 valence electrons. The maximum absolute atomic E-state index is 6.29. The normalized spacial score (nSPS) is 12.3. The van der Waals surface area contributed by atoms with E-state index in [-0.39, 0.29) is 0 Å². The molecule has 0 saturated carbocycles. The molecule has 0 amide bonds. The lowest BCUT2D eigenvalue weighted by Gasteiger charge is -2.19. The van der Waals surface area contributed by atoms with Crippen molar-refractivity contribution in [2.24, 2.45) is 0 Å². The highest BCUT2D eigenvalue weighted by Gasteiger charge is 2.11. The first-order valence-electron chi connectivity index (χ1n) is 11.6. The van der Waals surface area contributed by atoms with Crippen LogP contribution in [0.3, 0.4) is 0 Å². The number of benzene rings is 2. The van der Waals surface area contributed by atoms with Gasteiger partial charge in [0.05, 0.1) is 12.7 Å². The zero-order chi connectivity index (χ0) is 20.9. The Morgan fingerprint density at radius 2 is 1.72 bits per heavy atom. The zero-order valence-corrected chi connectivity index (χ0v) is 19.4. The Labute approximate surface area is 182 Å². The van der Waals surface area contributed by atoms with E-state index in [9.17, 15) is 0 Å². The van der Waals surface area contributed by atoms with Crippen LogP contribution in [0.25, 0.3) is 10.8 Å². The van der Waals surface area contributed by atoms with Gasteiger partial charge in [-0.05, 0) is 67.5 Å². The Morgan fingerprint density at radius 1 is 0.897 bits per heavy atom. The van der Waals surface area contributed by atoms with E-state index in [1.165, 1.54) is 48.4 Å². The van der Waals surface area contributed by atoms with Crippen molar-refractivity contribution in [3.8, 4) is 11.5 Å². The number of alkyl halides is 1. The lowest BCUT2D eigenvalue weighted by molar-refractivity contribution is 0.183. The maximum Gasteiger partial charge on any atom is 0.123 e. The van der Waals surface area contributed by atoms with Crippen molar-refractivity contribution in [2.45, 2.75) is 91.1 Å². The predicted molar refractivity (Wildman–Crippen MR) is 127 cm³/mol. The quantitative estimate of drug-likeness (QED) is 0.214. The van der Waals surface area contributed by atoms with E-state index in [2.05, 4.69) is 51.1 Å². The van der Waals surface area contributed by atoms with E-state index in [0.717, 1.165) is 56.1 Å². The third-order valence-corrected chi connectivity index (χ3v) is 5.85. The molecule has 0 fully saturated rings. The number of ether oxygens (including phenoxy) is 2. The number of hydrogen-bond acceptors (Lipinski definition) is 2. The third kappa shape index (κ3) is 7.74. The van der Waals surface area contributed by atoms with E-state index < -0.39 is 0 Å². The number of halogens is 1.